The monoisotopic (exact) mass is 448 g/mol. The minimum Gasteiger partial charge on any atom is -0.382 e. The predicted molar refractivity (Wildman–Crippen MR) is 88.8 cm³/mol. The van der Waals surface area contributed by atoms with E-state index in [1.54, 1.807) is 4.68 Å². The molecular weight excluding hydrogens is 428 g/mol. The Labute approximate surface area is 148 Å². The number of aliphatic hydroxyl groups is 1. The number of nitrogens with one attached hydrogen (secondary N) is 2. The first-order valence-electron chi connectivity index (χ1n) is 6.92. The van der Waals surface area contributed by atoms with Gasteiger partial charge in [-0.15, -0.1) is 24.0 Å². The van der Waals surface area contributed by atoms with Crippen LogP contribution in [0.1, 0.15) is 18.1 Å². The van der Waals surface area contributed by atoms with Gasteiger partial charge in [0, 0.05) is 19.5 Å². The number of aliphatic imine (C=N–C) groups is 1. The van der Waals surface area contributed by atoms with E-state index >= 15 is 0 Å². The molecule has 0 aromatic carbocycles. The van der Waals surface area contributed by atoms with Gasteiger partial charge in [-0.1, -0.05) is 0 Å². The Morgan fingerprint density at radius 2 is 2.22 bits per heavy atom. The number of aromatic nitrogens is 3. The molecule has 7 nitrogen and oxygen atoms in total. The molecule has 2 heterocycles. The van der Waals surface area contributed by atoms with Crippen molar-refractivity contribution in [3.05, 3.63) is 11.6 Å². The molecule has 0 aliphatic carbocycles. The van der Waals surface area contributed by atoms with Crippen molar-refractivity contribution in [2.45, 2.75) is 44.6 Å². The lowest BCUT2D eigenvalue weighted by atomic mass is 10.1. The molecule has 2 atom stereocenters. The zero-order valence-electron chi connectivity index (χ0n) is 12.8. The third-order valence-corrected chi connectivity index (χ3v) is 3.37. The van der Waals surface area contributed by atoms with Crippen LogP contribution in [-0.4, -0.2) is 57.7 Å². The quantitative estimate of drug-likeness (QED) is 0.359. The fourth-order valence-corrected chi connectivity index (χ4v) is 2.25. The largest absolute Gasteiger partial charge is 0.416 e. The summed E-state index contributed by atoms with van der Waals surface area (Å²) in [7, 11) is 1.46. The smallest absolute Gasteiger partial charge is 0.382 e. The van der Waals surface area contributed by atoms with E-state index in [2.05, 4.69) is 25.7 Å². The lowest BCUT2D eigenvalue weighted by molar-refractivity contribution is -0.201. The lowest BCUT2D eigenvalue weighted by Gasteiger charge is -2.26. The van der Waals surface area contributed by atoms with Gasteiger partial charge in [-0.25, -0.2) is 9.67 Å². The van der Waals surface area contributed by atoms with Gasteiger partial charge in [0.2, 0.25) is 0 Å². The first-order valence-corrected chi connectivity index (χ1v) is 6.92. The van der Waals surface area contributed by atoms with Crippen molar-refractivity contribution >= 4 is 29.9 Å². The molecule has 0 amide bonds. The van der Waals surface area contributed by atoms with Gasteiger partial charge in [-0.05, 0) is 13.3 Å². The van der Waals surface area contributed by atoms with Crippen LogP contribution in [0.15, 0.2) is 4.99 Å². The molecule has 1 aromatic rings. The van der Waals surface area contributed by atoms with Gasteiger partial charge >= 0.3 is 6.18 Å². The molecule has 0 bridgehead atoms. The second-order valence-electron chi connectivity index (χ2n) is 5.15. The number of aliphatic hydroxyl groups excluding tert-OH is 1. The van der Waals surface area contributed by atoms with Crippen LogP contribution >= 0.6 is 24.0 Å². The van der Waals surface area contributed by atoms with Crippen molar-refractivity contribution in [1.82, 2.24) is 25.4 Å². The van der Waals surface area contributed by atoms with Crippen LogP contribution in [0.2, 0.25) is 0 Å². The van der Waals surface area contributed by atoms with Crippen LogP contribution < -0.4 is 10.6 Å². The highest BCUT2D eigenvalue weighted by Crippen LogP contribution is 2.19. The van der Waals surface area contributed by atoms with E-state index in [-0.39, 0.29) is 36.0 Å². The van der Waals surface area contributed by atoms with E-state index in [1.165, 1.54) is 7.05 Å². The van der Waals surface area contributed by atoms with Crippen molar-refractivity contribution in [2.24, 2.45) is 4.99 Å². The van der Waals surface area contributed by atoms with Gasteiger partial charge in [0.05, 0.1) is 13.1 Å². The fourth-order valence-electron chi connectivity index (χ4n) is 2.25. The summed E-state index contributed by atoms with van der Waals surface area (Å²) in [6, 6.07) is -0.0113. The molecule has 0 radical (unpaired) electrons. The highest BCUT2D eigenvalue weighted by atomic mass is 127. The van der Waals surface area contributed by atoms with Crippen LogP contribution in [0.4, 0.5) is 13.2 Å². The molecule has 23 heavy (non-hydrogen) atoms. The average Bonchev–Trinajstić information content (AvgIpc) is 2.81. The van der Waals surface area contributed by atoms with Crippen molar-refractivity contribution in [3.8, 4) is 0 Å². The van der Waals surface area contributed by atoms with Crippen molar-refractivity contribution in [1.29, 1.82) is 0 Å². The molecule has 3 N–H and O–H groups in total. The van der Waals surface area contributed by atoms with E-state index < -0.39 is 18.8 Å². The summed E-state index contributed by atoms with van der Waals surface area (Å²) in [5, 5.41) is 18.7. The van der Waals surface area contributed by atoms with Crippen LogP contribution in [-0.2, 0) is 13.0 Å². The zero-order valence-corrected chi connectivity index (χ0v) is 15.1. The zero-order chi connectivity index (χ0) is 16.3. The number of hydrogen-bond donors (Lipinski definition) is 3. The van der Waals surface area contributed by atoms with Crippen molar-refractivity contribution < 1.29 is 18.3 Å². The van der Waals surface area contributed by atoms with Crippen LogP contribution in [0, 0.1) is 6.92 Å². The van der Waals surface area contributed by atoms with Gasteiger partial charge in [-0.2, -0.15) is 18.3 Å². The minimum absolute atomic E-state index is 0. The standard InChI is InChI=1S/C12H19F3N6O.HI/c1-7-18-10-4-3-8(6-21(10)20-7)19-11(16-2)17-5-9(22)12(13,14)15;/h8-9,22H,3-6H2,1-2H3,(H2,16,17,19);1H. The molecule has 132 valence electrons. The van der Waals surface area contributed by atoms with Gasteiger partial charge in [0.1, 0.15) is 11.6 Å². The van der Waals surface area contributed by atoms with Gasteiger partial charge in [0.15, 0.2) is 12.1 Å². The minimum atomic E-state index is -4.65. The molecule has 11 heteroatoms. The molecule has 0 saturated heterocycles. The molecular formula is C12H20F3IN6O. The Morgan fingerprint density at radius 1 is 1.52 bits per heavy atom. The van der Waals surface area contributed by atoms with Crippen molar-refractivity contribution in [2.75, 3.05) is 13.6 Å². The Morgan fingerprint density at radius 3 is 2.83 bits per heavy atom. The number of nitrogens with zero attached hydrogens (tertiary/aromatic N) is 4. The van der Waals surface area contributed by atoms with E-state index in [0.29, 0.717) is 12.4 Å². The second kappa shape index (κ2) is 8.13. The van der Waals surface area contributed by atoms with Crippen LogP contribution in [0.5, 0.6) is 0 Å². The molecule has 0 saturated carbocycles. The Kier molecular flexibility index (Phi) is 7.04. The number of halogens is 4. The number of alkyl halides is 3. The van der Waals surface area contributed by atoms with E-state index in [4.69, 9.17) is 5.11 Å². The Hall–Kier alpha value is -1.11. The van der Waals surface area contributed by atoms with Crippen LogP contribution in [0.3, 0.4) is 0 Å². The average molecular weight is 448 g/mol. The van der Waals surface area contributed by atoms with E-state index in [0.717, 1.165) is 18.7 Å². The summed E-state index contributed by atoms with van der Waals surface area (Å²) in [6.07, 6.45) is -5.56. The van der Waals surface area contributed by atoms with Gasteiger partial charge in [0.25, 0.3) is 0 Å². The molecule has 2 unspecified atom stereocenters. The molecule has 2 rings (SSSR count). The maximum atomic E-state index is 12.3. The maximum absolute atomic E-state index is 12.3. The SMILES string of the molecule is CN=C(NCC(O)C(F)(F)F)NC1CCc2nc(C)nn2C1.I. The number of hydrogen-bond acceptors (Lipinski definition) is 4. The summed E-state index contributed by atoms with van der Waals surface area (Å²) in [4.78, 5) is 8.16. The lowest BCUT2D eigenvalue weighted by Crippen LogP contribution is -2.50. The first kappa shape index (κ1) is 19.9. The highest BCUT2D eigenvalue weighted by molar-refractivity contribution is 14.0. The Balaban J connectivity index is 0.00000264. The molecule has 0 spiro atoms. The summed E-state index contributed by atoms with van der Waals surface area (Å²) in [5.74, 6) is 1.83. The third-order valence-electron chi connectivity index (χ3n) is 3.37. The summed E-state index contributed by atoms with van der Waals surface area (Å²) in [5.41, 5.74) is 0. The van der Waals surface area contributed by atoms with Crippen molar-refractivity contribution in [3.63, 3.8) is 0 Å². The summed E-state index contributed by atoms with van der Waals surface area (Å²) in [6.45, 7) is 1.73. The van der Waals surface area contributed by atoms with E-state index in [1.807, 2.05) is 6.92 Å². The van der Waals surface area contributed by atoms with Gasteiger partial charge < -0.3 is 15.7 Å². The van der Waals surface area contributed by atoms with Gasteiger partial charge in [-0.3, -0.25) is 4.99 Å². The summed E-state index contributed by atoms with van der Waals surface area (Å²) >= 11 is 0. The number of fused-ring (bicyclic) bond motifs is 1. The normalized spacial score (nSPS) is 19.6. The fraction of sp³-hybridized carbons (Fsp3) is 0.750. The topological polar surface area (TPSA) is 87.4 Å². The molecule has 1 aliphatic rings. The van der Waals surface area contributed by atoms with Crippen LogP contribution in [0.25, 0.3) is 0 Å². The predicted octanol–water partition coefficient (Wildman–Crippen LogP) is 0.608. The maximum Gasteiger partial charge on any atom is 0.416 e. The highest BCUT2D eigenvalue weighted by Gasteiger charge is 2.38. The third kappa shape index (κ3) is 5.48. The Bertz CT molecular complexity index is 547. The molecule has 1 aromatic heterocycles. The van der Waals surface area contributed by atoms with E-state index in [9.17, 15) is 13.2 Å². The first-order chi connectivity index (χ1) is 10.3. The molecule has 1 aliphatic heterocycles. The number of rotatable bonds is 3. The number of guanidine groups is 1. The summed E-state index contributed by atoms with van der Waals surface area (Å²) < 4.78 is 38.6. The second-order valence-corrected chi connectivity index (χ2v) is 5.15. The molecule has 0 fully saturated rings. The number of aryl methyl sites for hydroxylation is 2.